The zero-order chi connectivity index (χ0) is 21.4. The summed E-state index contributed by atoms with van der Waals surface area (Å²) in [5, 5.41) is 10.8. The first kappa shape index (κ1) is 21.9. The first-order chi connectivity index (χ1) is 13.6. The Morgan fingerprint density at radius 2 is 1.28 bits per heavy atom. The van der Waals surface area contributed by atoms with Gasteiger partial charge >= 0.3 is 6.03 Å². The summed E-state index contributed by atoms with van der Waals surface area (Å²) in [6.07, 6.45) is 0. The van der Waals surface area contributed by atoms with Gasteiger partial charge in [0.15, 0.2) is 0 Å². The van der Waals surface area contributed by atoms with E-state index in [1.54, 1.807) is 24.3 Å². The first-order valence-electron chi connectivity index (χ1n) is 9.46. The van der Waals surface area contributed by atoms with Gasteiger partial charge in [-0.1, -0.05) is 32.9 Å². The zero-order valence-electron chi connectivity index (χ0n) is 17.3. The van der Waals surface area contributed by atoms with Crippen LogP contribution >= 0.6 is 0 Å². The molecule has 0 saturated heterocycles. The van der Waals surface area contributed by atoms with E-state index in [1.807, 2.05) is 24.3 Å². The monoisotopic (exact) mass is 396 g/mol. The molecule has 2 rings (SSSR count). The molecule has 0 aromatic heterocycles. The Morgan fingerprint density at radius 1 is 0.759 bits per heavy atom. The molecule has 0 aliphatic rings. The molecule has 7 nitrogen and oxygen atoms in total. The number of hydrogen-bond acceptors (Lipinski definition) is 3. The Labute approximate surface area is 171 Å². The van der Waals surface area contributed by atoms with Gasteiger partial charge in [-0.25, -0.2) is 4.79 Å². The Kier molecular flexibility index (Phi) is 7.36. The summed E-state index contributed by atoms with van der Waals surface area (Å²) in [6, 6.07) is 14.0. The van der Waals surface area contributed by atoms with Crippen LogP contribution in [-0.2, 0) is 10.2 Å². The van der Waals surface area contributed by atoms with E-state index in [4.69, 9.17) is 0 Å². The van der Waals surface area contributed by atoms with Gasteiger partial charge in [0, 0.05) is 37.0 Å². The van der Waals surface area contributed by atoms with Gasteiger partial charge in [0.05, 0.1) is 0 Å². The number of urea groups is 1. The molecule has 29 heavy (non-hydrogen) atoms. The quantitative estimate of drug-likeness (QED) is 0.563. The van der Waals surface area contributed by atoms with Crippen molar-refractivity contribution in [3.8, 4) is 0 Å². The lowest BCUT2D eigenvalue weighted by Gasteiger charge is -2.19. The highest BCUT2D eigenvalue weighted by Crippen LogP contribution is 2.23. The van der Waals surface area contributed by atoms with Crippen LogP contribution in [0.2, 0.25) is 0 Å². The largest absolute Gasteiger partial charge is 0.350 e. The molecule has 2 aromatic carbocycles. The molecule has 4 N–H and O–H groups in total. The molecule has 0 aliphatic carbocycles. The van der Waals surface area contributed by atoms with Gasteiger partial charge in [0.2, 0.25) is 5.91 Å². The van der Waals surface area contributed by atoms with Crippen molar-refractivity contribution < 1.29 is 14.4 Å². The predicted octanol–water partition coefficient (Wildman–Crippen LogP) is 3.49. The molecule has 0 spiro atoms. The van der Waals surface area contributed by atoms with Crippen LogP contribution in [0.1, 0.15) is 43.6 Å². The van der Waals surface area contributed by atoms with Crippen LogP contribution in [0.5, 0.6) is 0 Å². The van der Waals surface area contributed by atoms with E-state index in [9.17, 15) is 14.4 Å². The maximum atomic E-state index is 12.1. The number of carbonyl (C=O) groups excluding carboxylic acids is 3. The SMILES string of the molecule is CC(=O)Nc1ccc(C(=O)NCCNC(=O)Nc2ccc(C(C)(C)C)cc2)cc1. The van der Waals surface area contributed by atoms with Crippen molar-refractivity contribution in [2.24, 2.45) is 0 Å². The van der Waals surface area contributed by atoms with Crippen LogP contribution in [0.3, 0.4) is 0 Å². The van der Waals surface area contributed by atoms with Crippen LogP contribution in [0, 0.1) is 0 Å². The van der Waals surface area contributed by atoms with Gasteiger partial charge in [-0.3, -0.25) is 9.59 Å². The van der Waals surface area contributed by atoms with Crippen molar-refractivity contribution in [2.75, 3.05) is 23.7 Å². The average Bonchev–Trinajstić information content (AvgIpc) is 2.65. The molecule has 0 saturated carbocycles. The average molecular weight is 396 g/mol. The first-order valence-corrected chi connectivity index (χ1v) is 9.46. The Balaban J connectivity index is 1.72. The van der Waals surface area contributed by atoms with E-state index < -0.39 is 0 Å². The lowest BCUT2D eigenvalue weighted by molar-refractivity contribution is -0.114. The lowest BCUT2D eigenvalue weighted by Crippen LogP contribution is -2.36. The molecule has 0 heterocycles. The fourth-order valence-corrected chi connectivity index (χ4v) is 2.59. The smallest absolute Gasteiger partial charge is 0.319 e. The second kappa shape index (κ2) is 9.73. The van der Waals surface area contributed by atoms with Gasteiger partial charge in [-0.15, -0.1) is 0 Å². The molecule has 4 amide bonds. The molecule has 7 heteroatoms. The minimum Gasteiger partial charge on any atom is -0.350 e. The topological polar surface area (TPSA) is 99.3 Å². The predicted molar refractivity (Wildman–Crippen MR) is 115 cm³/mol. The molecule has 0 radical (unpaired) electrons. The van der Waals surface area contributed by atoms with Gasteiger partial charge < -0.3 is 21.3 Å². The summed E-state index contributed by atoms with van der Waals surface area (Å²) in [6.45, 7) is 8.41. The molecule has 0 fully saturated rings. The number of amides is 4. The normalized spacial score (nSPS) is 10.8. The van der Waals surface area contributed by atoms with Crippen LogP contribution in [0.25, 0.3) is 0 Å². The summed E-state index contributed by atoms with van der Waals surface area (Å²) < 4.78 is 0. The van der Waals surface area contributed by atoms with Crippen molar-refractivity contribution in [1.82, 2.24) is 10.6 Å². The molecular weight excluding hydrogens is 368 g/mol. The van der Waals surface area contributed by atoms with Crippen LogP contribution in [-0.4, -0.2) is 30.9 Å². The fourth-order valence-electron chi connectivity index (χ4n) is 2.59. The molecule has 2 aromatic rings. The summed E-state index contributed by atoms with van der Waals surface area (Å²) in [5.74, 6) is -0.420. The van der Waals surface area contributed by atoms with Gasteiger partial charge in [-0.2, -0.15) is 0 Å². The molecule has 154 valence electrons. The standard InChI is InChI=1S/C22H28N4O3/c1-15(27)25-18-9-5-16(6-10-18)20(28)23-13-14-24-21(29)26-19-11-7-17(8-12-19)22(2,3)4/h5-12H,13-14H2,1-4H3,(H,23,28)(H,25,27)(H2,24,26,29). The maximum Gasteiger partial charge on any atom is 0.319 e. The highest BCUT2D eigenvalue weighted by atomic mass is 16.2. The van der Waals surface area contributed by atoms with Crippen LogP contribution in [0.4, 0.5) is 16.2 Å². The van der Waals surface area contributed by atoms with Gasteiger partial charge in [-0.05, 0) is 47.4 Å². The van der Waals surface area contributed by atoms with Crippen molar-refractivity contribution >= 4 is 29.2 Å². The minimum atomic E-state index is -0.331. The molecule has 0 aliphatic heterocycles. The van der Waals surface area contributed by atoms with Crippen molar-refractivity contribution in [3.63, 3.8) is 0 Å². The Bertz CT molecular complexity index is 853. The minimum absolute atomic E-state index is 0.0588. The van der Waals surface area contributed by atoms with Crippen LogP contribution in [0.15, 0.2) is 48.5 Å². The number of carbonyl (C=O) groups is 3. The van der Waals surface area contributed by atoms with E-state index in [1.165, 1.54) is 12.5 Å². The summed E-state index contributed by atoms with van der Waals surface area (Å²) in [7, 11) is 0. The number of hydrogen-bond donors (Lipinski definition) is 4. The van der Waals surface area contributed by atoms with E-state index in [-0.39, 0.29) is 23.3 Å². The van der Waals surface area contributed by atoms with E-state index in [2.05, 4.69) is 42.0 Å². The maximum absolute atomic E-state index is 12.1. The van der Waals surface area contributed by atoms with Gasteiger partial charge in [0.1, 0.15) is 0 Å². The summed E-state index contributed by atoms with van der Waals surface area (Å²) in [5.41, 5.74) is 3.06. The molecular formula is C22H28N4O3. The second-order valence-corrected chi connectivity index (χ2v) is 7.72. The molecule has 0 atom stereocenters. The van der Waals surface area contributed by atoms with E-state index in [0.29, 0.717) is 30.0 Å². The van der Waals surface area contributed by atoms with Crippen molar-refractivity contribution in [3.05, 3.63) is 59.7 Å². The van der Waals surface area contributed by atoms with Crippen molar-refractivity contribution in [1.29, 1.82) is 0 Å². The molecule has 0 unspecified atom stereocenters. The Hall–Kier alpha value is -3.35. The third-order valence-corrected chi connectivity index (χ3v) is 4.17. The summed E-state index contributed by atoms with van der Waals surface area (Å²) in [4.78, 5) is 35.1. The summed E-state index contributed by atoms with van der Waals surface area (Å²) >= 11 is 0. The zero-order valence-corrected chi connectivity index (χ0v) is 17.3. The number of rotatable bonds is 6. The van der Waals surface area contributed by atoms with E-state index >= 15 is 0 Å². The van der Waals surface area contributed by atoms with E-state index in [0.717, 1.165) is 0 Å². The Morgan fingerprint density at radius 3 is 1.83 bits per heavy atom. The van der Waals surface area contributed by atoms with Crippen LogP contribution < -0.4 is 21.3 Å². The third-order valence-electron chi connectivity index (χ3n) is 4.17. The lowest BCUT2D eigenvalue weighted by atomic mass is 9.87. The number of benzene rings is 2. The fraction of sp³-hybridized carbons (Fsp3) is 0.318. The van der Waals surface area contributed by atoms with Gasteiger partial charge in [0.25, 0.3) is 5.91 Å². The third kappa shape index (κ3) is 7.29. The highest BCUT2D eigenvalue weighted by Gasteiger charge is 2.13. The highest BCUT2D eigenvalue weighted by molar-refractivity contribution is 5.95. The second-order valence-electron chi connectivity index (χ2n) is 7.72. The van der Waals surface area contributed by atoms with Crippen molar-refractivity contribution in [2.45, 2.75) is 33.1 Å². The number of nitrogens with one attached hydrogen (secondary N) is 4. The molecule has 0 bridgehead atoms. The number of anilines is 2.